The summed E-state index contributed by atoms with van der Waals surface area (Å²) in [6, 6.07) is 0. The Balaban J connectivity index is 2.28. The summed E-state index contributed by atoms with van der Waals surface area (Å²) >= 11 is 3.61. The van der Waals surface area contributed by atoms with Crippen LogP contribution in [0.1, 0.15) is 13.3 Å². The van der Waals surface area contributed by atoms with Crippen molar-refractivity contribution in [1.82, 2.24) is 5.32 Å². The fourth-order valence-corrected chi connectivity index (χ4v) is 1.40. The maximum Gasteiger partial charge on any atom is 0.0195 e. The van der Waals surface area contributed by atoms with Crippen molar-refractivity contribution in [2.24, 2.45) is 5.92 Å². The average Bonchev–Trinajstić information content (AvgIpc) is 1.77. The molecule has 48 valence electrons. The number of rotatable bonds is 0. The van der Waals surface area contributed by atoms with Crippen molar-refractivity contribution in [2.45, 2.75) is 18.2 Å². The molecular weight excluding hydrogens is 166 g/mol. The molecule has 1 fully saturated rings. The van der Waals surface area contributed by atoms with E-state index in [1.54, 1.807) is 0 Å². The third kappa shape index (κ3) is 1.46. The lowest BCUT2D eigenvalue weighted by atomic mass is 10.0. The summed E-state index contributed by atoms with van der Waals surface area (Å²) in [5.74, 6) is 0.809. The summed E-state index contributed by atoms with van der Waals surface area (Å²) < 4.78 is 0. The van der Waals surface area contributed by atoms with Gasteiger partial charge < -0.3 is 5.32 Å². The Bertz CT molecular complexity index is 64.9. The molecule has 0 bridgehead atoms. The maximum atomic E-state index is 3.61. The zero-order chi connectivity index (χ0) is 5.98. The molecule has 0 aromatic rings. The first-order chi connectivity index (χ1) is 3.80. The van der Waals surface area contributed by atoms with Crippen molar-refractivity contribution in [3.8, 4) is 0 Å². The van der Waals surface area contributed by atoms with Gasteiger partial charge in [0.15, 0.2) is 0 Å². The molecule has 0 aromatic heterocycles. The van der Waals surface area contributed by atoms with E-state index in [0.29, 0.717) is 0 Å². The molecule has 1 rings (SSSR count). The first kappa shape index (κ1) is 6.56. The molecule has 0 aromatic carbocycles. The van der Waals surface area contributed by atoms with Gasteiger partial charge in [-0.1, -0.05) is 22.9 Å². The second-order valence-corrected chi connectivity index (χ2v) is 3.66. The van der Waals surface area contributed by atoms with Gasteiger partial charge in [-0.3, -0.25) is 0 Å². The lowest BCUT2D eigenvalue weighted by Gasteiger charge is -2.24. The molecule has 0 saturated carbocycles. The van der Waals surface area contributed by atoms with Crippen molar-refractivity contribution in [3.05, 3.63) is 0 Å². The molecule has 2 heteroatoms. The van der Waals surface area contributed by atoms with Crippen LogP contribution in [0.15, 0.2) is 0 Å². The maximum absolute atomic E-state index is 3.61. The normalized spacial score (nSPS) is 39.8. The zero-order valence-corrected chi connectivity index (χ0v) is 6.74. The molecule has 0 radical (unpaired) electrons. The van der Waals surface area contributed by atoms with Gasteiger partial charge in [0.2, 0.25) is 0 Å². The molecule has 0 aliphatic carbocycles. The van der Waals surface area contributed by atoms with Crippen molar-refractivity contribution in [1.29, 1.82) is 0 Å². The van der Waals surface area contributed by atoms with E-state index in [9.17, 15) is 0 Å². The smallest absolute Gasteiger partial charge is 0.0195 e. The Kier molecular flexibility index (Phi) is 2.32. The van der Waals surface area contributed by atoms with Gasteiger partial charge in [-0.2, -0.15) is 0 Å². The van der Waals surface area contributed by atoms with Crippen LogP contribution < -0.4 is 5.32 Å². The van der Waals surface area contributed by atoms with Gasteiger partial charge in [0.25, 0.3) is 0 Å². The molecule has 2 atom stereocenters. The second kappa shape index (κ2) is 2.83. The van der Waals surface area contributed by atoms with Crippen LogP contribution in [-0.4, -0.2) is 17.9 Å². The number of hydrogen-bond acceptors (Lipinski definition) is 1. The van der Waals surface area contributed by atoms with Crippen LogP contribution >= 0.6 is 15.9 Å². The Morgan fingerprint density at radius 2 is 2.38 bits per heavy atom. The van der Waals surface area contributed by atoms with Gasteiger partial charge in [-0.05, 0) is 25.4 Å². The van der Waals surface area contributed by atoms with Crippen molar-refractivity contribution in [2.75, 3.05) is 13.1 Å². The molecule has 1 aliphatic rings. The van der Waals surface area contributed by atoms with E-state index in [1.165, 1.54) is 19.5 Å². The molecular formula is C6H12BrN. The highest BCUT2D eigenvalue weighted by Crippen LogP contribution is 2.17. The number of alkyl halides is 1. The van der Waals surface area contributed by atoms with Crippen LogP contribution in [0.3, 0.4) is 0 Å². The van der Waals surface area contributed by atoms with Crippen LogP contribution in [0.2, 0.25) is 0 Å². The quantitative estimate of drug-likeness (QED) is 0.552. The van der Waals surface area contributed by atoms with Crippen LogP contribution in [0.4, 0.5) is 0 Å². The van der Waals surface area contributed by atoms with E-state index in [2.05, 4.69) is 28.2 Å². The fraction of sp³-hybridized carbons (Fsp3) is 1.00. The summed E-state index contributed by atoms with van der Waals surface area (Å²) in [7, 11) is 0. The van der Waals surface area contributed by atoms with Gasteiger partial charge in [0, 0.05) is 4.83 Å². The summed E-state index contributed by atoms with van der Waals surface area (Å²) in [6.07, 6.45) is 1.28. The zero-order valence-electron chi connectivity index (χ0n) is 5.15. The lowest BCUT2D eigenvalue weighted by Crippen LogP contribution is -2.35. The van der Waals surface area contributed by atoms with Gasteiger partial charge in [0.1, 0.15) is 0 Å². The Labute approximate surface area is 59.0 Å². The van der Waals surface area contributed by atoms with Crippen LogP contribution in [0, 0.1) is 5.92 Å². The molecule has 1 heterocycles. The largest absolute Gasteiger partial charge is 0.316 e. The first-order valence-electron chi connectivity index (χ1n) is 3.15. The first-order valence-corrected chi connectivity index (χ1v) is 4.07. The third-order valence-electron chi connectivity index (χ3n) is 1.68. The molecule has 1 N–H and O–H groups in total. The van der Waals surface area contributed by atoms with Crippen molar-refractivity contribution in [3.63, 3.8) is 0 Å². The van der Waals surface area contributed by atoms with E-state index in [0.717, 1.165) is 10.7 Å². The monoisotopic (exact) mass is 177 g/mol. The highest BCUT2D eigenvalue weighted by Gasteiger charge is 2.16. The Morgan fingerprint density at radius 3 is 2.75 bits per heavy atom. The van der Waals surface area contributed by atoms with Crippen LogP contribution in [0.25, 0.3) is 0 Å². The minimum Gasteiger partial charge on any atom is -0.316 e. The molecule has 1 aliphatic heterocycles. The van der Waals surface area contributed by atoms with Crippen molar-refractivity contribution >= 4 is 15.9 Å². The lowest BCUT2D eigenvalue weighted by molar-refractivity contribution is 0.422. The predicted molar refractivity (Wildman–Crippen MR) is 39.4 cm³/mol. The molecule has 8 heavy (non-hydrogen) atoms. The standard InChI is InChI=1S/C6H12BrN/c1-5-4-8-3-2-6(5)7/h5-6,8H,2-4H2,1H3. The van der Waals surface area contributed by atoms with E-state index in [4.69, 9.17) is 0 Å². The van der Waals surface area contributed by atoms with Gasteiger partial charge in [0.05, 0.1) is 0 Å². The van der Waals surface area contributed by atoms with E-state index in [1.807, 2.05) is 0 Å². The molecule has 0 spiro atoms. The summed E-state index contributed by atoms with van der Waals surface area (Å²) in [6.45, 7) is 4.63. The number of halogens is 1. The van der Waals surface area contributed by atoms with E-state index < -0.39 is 0 Å². The number of hydrogen-bond donors (Lipinski definition) is 1. The Morgan fingerprint density at radius 1 is 1.62 bits per heavy atom. The topological polar surface area (TPSA) is 12.0 Å². The summed E-state index contributed by atoms with van der Waals surface area (Å²) in [5, 5.41) is 3.33. The third-order valence-corrected chi connectivity index (χ3v) is 3.04. The second-order valence-electron chi connectivity index (χ2n) is 2.49. The van der Waals surface area contributed by atoms with Crippen molar-refractivity contribution < 1.29 is 0 Å². The molecule has 1 saturated heterocycles. The minimum atomic E-state index is 0.753. The van der Waals surface area contributed by atoms with E-state index >= 15 is 0 Å². The number of piperidine rings is 1. The average molecular weight is 178 g/mol. The summed E-state index contributed by atoms with van der Waals surface area (Å²) in [4.78, 5) is 0.753. The van der Waals surface area contributed by atoms with Crippen LogP contribution in [0.5, 0.6) is 0 Å². The van der Waals surface area contributed by atoms with Gasteiger partial charge >= 0.3 is 0 Å². The highest BCUT2D eigenvalue weighted by molar-refractivity contribution is 9.09. The Hall–Kier alpha value is 0.440. The molecule has 1 nitrogen and oxygen atoms in total. The van der Waals surface area contributed by atoms with Crippen LogP contribution in [-0.2, 0) is 0 Å². The molecule has 2 unspecified atom stereocenters. The number of nitrogens with one attached hydrogen (secondary N) is 1. The SMILES string of the molecule is CC1CNCCC1Br. The van der Waals surface area contributed by atoms with Gasteiger partial charge in [-0.25, -0.2) is 0 Å². The highest BCUT2D eigenvalue weighted by atomic mass is 79.9. The van der Waals surface area contributed by atoms with Gasteiger partial charge in [-0.15, -0.1) is 0 Å². The minimum absolute atomic E-state index is 0.753. The molecule has 0 amide bonds. The summed E-state index contributed by atoms with van der Waals surface area (Å²) in [5.41, 5.74) is 0. The van der Waals surface area contributed by atoms with E-state index in [-0.39, 0.29) is 0 Å². The fourth-order valence-electron chi connectivity index (χ4n) is 0.982. The predicted octanol–water partition coefficient (Wildman–Crippen LogP) is 1.38.